The maximum Gasteiger partial charge on any atom is 0.263 e. The zero-order valence-corrected chi connectivity index (χ0v) is 12.9. The predicted octanol–water partition coefficient (Wildman–Crippen LogP) is 2.41. The number of carbonyl (C=O) groups excluding carboxylic acids is 2. The lowest BCUT2D eigenvalue weighted by Gasteiger charge is -2.39. The molecule has 0 spiro atoms. The minimum Gasteiger partial charge on any atom is -0.336 e. The fourth-order valence-corrected chi connectivity index (χ4v) is 3.84. The van der Waals surface area contributed by atoms with Gasteiger partial charge in [-0.25, -0.2) is 0 Å². The first kappa shape index (κ1) is 13.5. The Bertz CT molecular complexity index is 720. The number of para-hydroxylation sites is 1. The van der Waals surface area contributed by atoms with Gasteiger partial charge in [0.05, 0.1) is 10.8 Å². The van der Waals surface area contributed by atoms with Gasteiger partial charge in [-0.2, -0.15) is 0 Å². The second-order valence-electron chi connectivity index (χ2n) is 5.75. The molecule has 1 saturated heterocycles. The van der Waals surface area contributed by atoms with E-state index in [0.717, 1.165) is 23.5 Å². The fourth-order valence-electron chi connectivity index (χ4n) is 3.14. The second-order valence-corrected chi connectivity index (χ2v) is 6.70. The standard InChI is InChI=1S/C17H16N2O2S/c20-16(19-8-7-12-4-1-2-5-14(12)19)13-10-18(11-13)17(21)15-6-3-9-22-15/h1-6,9,13H,7-8,10-11H2. The van der Waals surface area contributed by atoms with E-state index in [4.69, 9.17) is 0 Å². The molecule has 0 atom stereocenters. The topological polar surface area (TPSA) is 40.6 Å². The molecule has 1 fully saturated rings. The first-order valence-electron chi connectivity index (χ1n) is 7.46. The van der Waals surface area contributed by atoms with Crippen molar-refractivity contribution in [1.82, 2.24) is 4.90 Å². The first-order chi connectivity index (χ1) is 10.7. The molecule has 0 bridgehead atoms. The molecule has 2 aliphatic rings. The molecule has 2 aromatic rings. The number of benzene rings is 1. The maximum atomic E-state index is 12.6. The number of thiophene rings is 1. The Balaban J connectivity index is 1.41. The van der Waals surface area contributed by atoms with Crippen molar-refractivity contribution >= 4 is 28.8 Å². The Morgan fingerprint density at radius 1 is 1.09 bits per heavy atom. The molecule has 0 radical (unpaired) electrons. The number of nitrogens with zero attached hydrogens (tertiary/aromatic N) is 2. The number of hydrogen-bond acceptors (Lipinski definition) is 3. The largest absolute Gasteiger partial charge is 0.336 e. The van der Waals surface area contributed by atoms with Crippen LogP contribution in [-0.2, 0) is 11.2 Å². The van der Waals surface area contributed by atoms with Crippen LogP contribution in [0.15, 0.2) is 41.8 Å². The van der Waals surface area contributed by atoms with Gasteiger partial charge in [0.25, 0.3) is 5.91 Å². The van der Waals surface area contributed by atoms with E-state index < -0.39 is 0 Å². The van der Waals surface area contributed by atoms with Crippen molar-refractivity contribution in [3.8, 4) is 0 Å². The number of rotatable bonds is 2. The lowest BCUT2D eigenvalue weighted by atomic mass is 9.98. The van der Waals surface area contributed by atoms with Gasteiger partial charge in [0.1, 0.15) is 0 Å². The summed E-state index contributed by atoms with van der Waals surface area (Å²) >= 11 is 1.45. The van der Waals surface area contributed by atoms with E-state index in [1.54, 1.807) is 4.90 Å². The number of fused-ring (bicyclic) bond motifs is 1. The van der Waals surface area contributed by atoms with Gasteiger partial charge >= 0.3 is 0 Å². The van der Waals surface area contributed by atoms with Crippen molar-refractivity contribution in [3.05, 3.63) is 52.2 Å². The summed E-state index contributed by atoms with van der Waals surface area (Å²) in [5.74, 6) is 0.135. The van der Waals surface area contributed by atoms with Crippen LogP contribution >= 0.6 is 11.3 Å². The number of anilines is 1. The highest BCUT2D eigenvalue weighted by Gasteiger charge is 2.40. The molecule has 5 heteroatoms. The van der Waals surface area contributed by atoms with E-state index in [2.05, 4.69) is 6.07 Å². The summed E-state index contributed by atoms with van der Waals surface area (Å²) in [6, 6.07) is 11.8. The summed E-state index contributed by atoms with van der Waals surface area (Å²) in [7, 11) is 0. The average Bonchev–Trinajstić information content (AvgIpc) is 3.15. The van der Waals surface area contributed by atoms with Gasteiger partial charge in [0.2, 0.25) is 5.91 Å². The van der Waals surface area contributed by atoms with Crippen molar-refractivity contribution < 1.29 is 9.59 Å². The summed E-state index contributed by atoms with van der Waals surface area (Å²) in [5, 5.41) is 1.90. The lowest BCUT2D eigenvalue weighted by Crippen LogP contribution is -2.56. The minimum absolute atomic E-state index is 0.0425. The molecule has 0 aliphatic carbocycles. The van der Waals surface area contributed by atoms with E-state index >= 15 is 0 Å². The maximum absolute atomic E-state index is 12.6. The smallest absolute Gasteiger partial charge is 0.263 e. The van der Waals surface area contributed by atoms with E-state index in [9.17, 15) is 9.59 Å². The Morgan fingerprint density at radius 3 is 2.68 bits per heavy atom. The second kappa shape index (κ2) is 5.25. The zero-order valence-electron chi connectivity index (χ0n) is 12.1. The van der Waals surface area contributed by atoms with Crippen LogP contribution in [0.4, 0.5) is 5.69 Å². The Hall–Kier alpha value is -2.14. The molecule has 0 unspecified atom stereocenters. The van der Waals surface area contributed by atoms with Crippen LogP contribution in [-0.4, -0.2) is 36.3 Å². The number of hydrogen-bond donors (Lipinski definition) is 0. The highest BCUT2D eigenvalue weighted by Crippen LogP contribution is 2.31. The fraction of sp³-hybridized carbons (Fsp3) is 0.294. The summed E-state index contributed by atoms with van der Waals surface area (Å²) < 4.78 is 0. The Labute approximate surface area is 133 Å². The van der Waals surface area contributed by atoms with Gasteiger partial charge in [-0.3, -0.25) is 9.59 Å². The normalized spacial score (nSPS) is 17.3. The van der Waals surface area contributed by atoms with Crippen LogP contribution in [0.1, 0.15) is 15.2 Å². The van der Waals surface area contributed by atoms with Gasteiger partial charge in [0, 0.05) is 25.3 Å². The molecule has 0 saturated carbocycles. The number of likely N-dealkylation sites (tertiary alicyclic amines) is 1. The highest BCUT2D eigenvalue weighted by atomic mass is 32.1. The Morgan fingerprint density at radius 2 is 1.91 bits per heavy atom. The molecular weight excluding hydrogens is 296 g/mol. The third-order valence-corrected chi connectivity index (χ3v) is 5.26. The summed E-state index contributed by atoms with van der Waals surface area (Å²) in [6.45, 7) is 1.83. The van der Waals surface area contributed by atoms with Crippen LogP contribution in [0, 0.1) is 5.92 Å². The van der Waals surface area contributed by atoms with Crippen molar-refractivity contribution in [3.63, 3.8) is 0 Å². The molecule has 4 rings (SSSR count). The molecule has 1 aromatic carbocycles. The first-order valence-corrected chi connectivity index (χ1v) is 8.34. The minimum atomic E-state index is -0.0601. The van der Waals surface area contributed by atoms with Gasteiger partial charge < -0.3 is 9.80 Å². The molecule has 3 heterocycles. The molecule has 1 aromatic heterocycles. The monoisotopic (exact) mass is 312 g/mol. The third-order valence-electron chi connectivity index (χ3n) is 4.40. The molecule has 22 heavy (non-hydrogen) atoms. The van der Waals surface area contributed by atoms with Crippen molar-refractivity contribution in [2.45, 2.75) is 6.42 Å². The van der Waals surface area contributed by atoms with Crippen LogP contribution < -0.4 is 4.90 Å². The van der Waals surface area contributed by atoms with Gasteiger partial charge in [-0.15, -0.1) is 11.3 Å². The van der Waals surface area contributed by atoms with Gasteiger partial charge in [-0.1, -0.05) is 24.3 Å². The zero-order chi connectivity index (χ0) is 15.1. The van der Waals surface area contributed by atoms with E-state index in [-0.39, 0.29) is 17.7 Å². The SMILES string of the molecule is O=C(c1cccs1)N1CC(C(=O)N2CCc3ccccc32)C1. The summed E-state index contributed by atoms with van der Waals surface area (Å²) in [6.07, 6.45) is 0.923. The van der Waals surface area contributed by atoms with Crippen LogP contribution in [0.2, 0.25) is 0 Å². The molecular formula is C17H16N2O2S. The molecule has 4 nitrogen and oxygen atoms in total. The lowest BCUT2D eigenvalue weighted by molar-refractivity contribution is -0.126. The Kier molecular flexibility index (Phi) is 3.22. The van der Waals surface area contributed by atoms with Gasteiger partial charge in [-0.05, 0) is 29.5 Å². The van der Waals surface area contributed by atoms with Gasteiger partial charge in [0.15, 0.2) is 0 Å². The van der Waals surface area contributed by atoms with Crippen LogP contribution in [0.3, 0.4) is 0 Å². The van der Waals surface area contributed by atoms with Crippen LogP contribution in [0.5, 0.6) is 0 Å². The van der Waals surface area contributed by atoms with Crippen molar-refractivity contribution in [2.24, 2.45) is 5.92 Å². The predicted molar refractivity (Wildman–Crippen MR) is 86.2 cm³/mol. The summed E-state index contributed by atoms with van der Waals surface area (Å²) in [5.41, 5.74) is 2.28. The highest BCUT2D eigenvalue weighted by molar-refractivity contribution is 7.12. The van der Waals surface area contributed by atoms with Crippen molar-refractivity contribution in [1.29, 1.82) is 0 Å². The average molecular weight is 312 g/mol. The van der Waals surface area contributed by atoms with E-state index in [1.165, 1.54) is 16.9 Å². The molecule has 2 aliphatic heterocycles. The summed E-state index contributed by atoms with van der Waals surface area (Å²) in [4.78, 5) is 29.2. The third kappa shape index (κ3) is 2.13. The van der Waals surface area contributed by atoms with Crippen LogP contribution in [0.25, 0.3) is 0 Å². The molecule has 112 valence electrons. The number of amides is 2. The van der Waals surface area contributed by atoms with E-state index in [1.807, 2.05) is 40.6 Å². The van der Waals surface area contributed by atoms with E-state index in [0.29, 0.717) is 13.1 Å². The molecule has 2 amide bonds. The van der Waals surface area contributed by atoms with Crippen molar-refractivity contribution in [2.75, 3.05) is 24.5 Å². The molecule has 0 N–H and O–H groups in total. The number of carbonyl (C=O) groups is 2. The quantitative estimate of drug-likeness (QED) is 0.854.